The number of benzene rings is 3. The van der Waals surface area contributed by atoms with E-state index in [9.17, 15) is 0 Å². The largest absolute Gasteiger partial charge is 0.449 e. The summed E-state index contributed by atoms with van der Waals surface area (Å²) in [5, 5.41) is 4.05. The summed E-state index contributed by atoms with van der Waals surface area (Å²) in [7, 11) is -0.562. The van der Waals surface area contributed by atoms with Crippen molar-refractivity contribution in [1.29, 1.82) is 0 Å². The molecule has 0 aliphatic carbocycles. The molecule has 4 rings (SSSR count). The maximum absolute atomic E-state index is 5.66. The Labute approximate surface area is 157 Å². The van der Waals surface area contributed by atoms with Crippen LogP contribution < -0.4 is 15.9 Å². The van der Waals surface area contributed by atoms with Crippen LogP contribution >= 0.6 is 23.9 Å². The molecule has 3 aromatic carbocycles. The number of halogens is 1. The van der Waals surface area contributed by atoms with Crippen molar-refractivity contribution >= 4 is 39.8 Å². The normalized spacial score (nSPS) is 11.0. The Morgan fingerprint density at radius 1 is 0.560 bits per heavy atom. The van der Waals surface area contributed by atoms with Gasteiger partial charge in [-0.1, -0.05) is 84.9 Å². The van der Waals surface area contributed by atoms with Crippen molar-refractivity contribution in [2.75, 3.05) is 0 Å². The Hall–Kier alpha value is -2.15. The fourth-order valence-electron chi connectivity index (χ4n) is 2.85. The van der Waals surface area contributed by atoms with Gasteiger partial charge in [0, 0.05) is 5.56 Å². The summed E-state index contributed by atoms with van der Waals surface area (Å²) in [4.78, 5) is 0. The van der Waals surface area contributed by atoms with E-state index in [0.29, 0.717) is 0 Å². The highest BCUT2D eigenvalue weighted by Crippen LogP contribution is 2.33. The van der Waals surface area contributed by atoms with E-state index in [1.54, 1.807) is 0 Å². The molecular weight excluding hydrogens is 391 g/mol. The van der Waals surface area contributed by atoms with E-state index in [4.69, 9.17) is 4.42 Å². The van der Waals surface area contributed by atoms with Gasteiger partial charge in [-0.15, -0.1) is 0 Å². The van der Waals surface area contributed by atoms with E-state index >= 15 is 0 Å². The van der Waals surface area contributed by atoms with Crippen molar-refractivity contribution in [3.05, 3.63) is 102 Å². The van der Waals surface area contributed by atoms with Crippen molar-refractivity contribution in [2.24, 2.45) is 0 Å². The van der Waals surface area contributed by atoms with Crippen molar-refractivity contribution in [2.45, 2.75) is 0 Å². The van der Waals surface area contributed by atoms with Crippen LogP contribution in [0.3, 0.4) is 0 Å². The Morgan fingerprint density at radius 3 is 1.56 bits per heavy atom. The Balaban J connectivity index is 1.75. The van der Waals surface area contributed by atoms with E-state index in [-0.39, 0.29) is 0 Å². The molecule has 3 heteroatoms. The Kier molecular flexibility index (Phi) is 4.83. The molecular formula is C22H16BrOP. The molecule has 0 unspecified atom stereocenters. The molecule has 0 radical (unpaired) electrons. The molecule has 0 spiro atoms. The van der Waals surface area contributed by atoms with E-state index < -0.39 is 7.92 Å². The minimum Gasteiger partial charge on any atom is -0.449 e. The van der Waals surface area contributed by atoms with Gasteiger partial charge in [-0.25, -0.2) is 0 Å². The van der Waals surface area contributed by atoms with Crippen LogP contribution in [0.4, 0.5) is 0 Å². The third kappa shape index (κ3) is 3.61. The zero-order valence-corrected chi connectivity index (χ0v) is 16.0. The average molecular weight is 407 g/mol. The van der Waals surface area contributed by atoms with Gasteiger partial charge in [0.2, 0.25) is 0 Å². The third-order valence-electron chi connectivity index (χ3n) is 4.01. The monoisotopic (exact) mass is 406 g/mol. The number of rotatable bonds is 4. The molecule has 0 amide bonds. The van der Waals surface area contributed by atoms with E-state index in [2.05, 4.69) is 101 Å². The Morgan fingerprint density at radius 2 is 1.08 bits per heavy atom. The van der Waals surface area contributed by atoms with Gasteiger partial charge in [-0.2, -0.15) is 0 Å². The third-order valence-corrected chi connectivity index (χ3v) is 6.88. The van der Waals surface area contributed by atoms with Crippen molar-refractivity contribution in [1.82, 2.24) is 0 Å². The van der Waals surface area contributed by atoms with Crippen LogP contribution in [0.2, 0.25) is 0 Å². The fraction of sp³-hybridized carbons (Fsp3) is 0. The predicted molar refractivity (Wildman–Crippen MR) is 111 cm³/mol. The van der Waals surface area contributed by atoms with E-state index in [1.807, 2.05) is 12.1 Å². The Bertz CT molecular complexity index is 907. The van der Waals surface area contributed by atoms with Gasteiger partial charge in [0.15, 0.2) is 4.67 Å². The molecule has 1 nitrogen and oxygen atoms in total. The van der Waals surface area contributed by atoms with Crippen LogP contribution in [0.25, 0.3) is 11.3 Å². The maximum Gasteiger partial charge on any atom is 0.169 e. The molecule has 0 aliphatic rings. The van der Waals surface area contributed by atoms with Gasteiger partial charge < -0.3 is 4.42 Å². The highest BCUT2D eigenvalue weighted by Gasteiger charge is 2.16. The van der Waals surface area contributed by atoms with Crippen LogP contribution in [-0.4, -0.2) is 0 Å². The minimum atomic E-state index is -0.562. The van der Waals surface area contributed by atoms with Gasteiger partial charge in [0.1, 0.15) is 5.76 Å². The van der Waals surface area contributed by atoms with Crippen molar-refractivity contribution < 1.29 is 4.42 Å². The molecule has 0 aliphatic heterocycles. The summed E-state index contributed by atoms with van der Waals surface area (Å²) in [6.07, 6.45) is 0. The molecule has 25 heavy (non-hydrogen) atoms. The first-order valence-electron chi connectivity index (χ1n) is 8.07. The molecule has 0 N–H and O–H groups in total. The van der Waals surface area contributed by atoms with Gasteiger partial charge in [-0.3, -0.25) is 0 Å². The summed E-state index contributed by atoms with van der Waals surface area (Å²) < 4.78 is 6.41. The van der Waals surface area contributed by atoms with Crippen LogP contribution in [0.5, 0.6) is 0 Å². The lowest BCUT2D eigenvalue weighted by Gasteiger charge is -2.19. The smallest absolute Gasteiger partial charge is 0.169 e. The van der Waals surface area contributed by atoms with Gasteiger partial charge in [0.25, 0.3) is 0 Å². The first-order valence-corrected chi connectivity index (χ1v) is 10.2. The summed E-state index contributed by atoms with van der Waals surface area (Å²) in [6.45, 7) is 0. The SMILES string of the molecule is Brc1ccc(-c2ccc(P(c3ccccc3)c3ccccc3)cc2)o1. The van der Waals surface area contributed by atoms with Crippen LogP contribution in [0.15, 0.2) is 106 Å². The van der Waals surface area contributed by atoms with Crippen LogP contribution in [0.1, 0.15) is 0 Å². The molecule has 0 atom stereocenters. The molecule has 1 aromatic heterocycles. The lowest BCUT2D eigenvalue weighted by Crippen LogP contribution is -2.20. The highest BCUT2D eigenvalue weighted by molar-refractivity contribution is 9.10. The molecule has 4 aromatic rings. The topological polar surface area (TPSA) is 13.1 Å². The summed E-state index contributed by atoms with van der Waals surface area (Å²) in [5.41, 5.74) is 1.09. The van der Waals surface area contributed by atoms with Crippen molar-refractivity contribution in [3.63, 3.8) is 0 Å². The summed E-state index contributed by atoms with van der Waals surface area (Å²) in [6, 6.07) is 34.1. The summed E-state index contributed by atoms with van der Waals surface area (Å²) in [5.74, 6) is 0.877. The molecule has 1 heterocycles. The van der Waals surface area contributed by atoms with Crippen LogP contribution in [0, 0.1) is 0 Å². The standard InChI is InChI=1S/C22H16BrOP/c23-22-16-15-21(24-22)17-11-13-20(14-12-17)25(18-7-3-1-4-8-18)19-9-5-2-6-10-19/h1-16H. The molecule has 0 saturated carbocycles. The zero-order chi connectivity index (χ0) is 17.1. The quantitative estimate of drug-likeness (QED) is 0.409. The van der Waals surface area contributed by atoms with Crippen LogP contribution in [-0.2, 0) is 0 Å². The maximum atomic E-state index is 5.66. The second-order valence-corrected chi connectivity index (χ2v) is 8.66. The van der Waals surface area contributed by atoms with Crippen molar-refractivity contribution in [3.8, 4) is 11.3 Å². The molecule has 0 fully saturated rings. The molecule has 122 valence electrons. The van der Waals surface area contributed by atoms with Gasteiger partial charge >= 0.3 is 0 Å². The number of furan rings is 1. The molecule has 0 saturated heterocycles. The first kappa shape index (κ1) is 16.3. The zero-order valence-electron chi connectivity index (χ0n) is 13.5. The summed E-state index contributed by atoms with van der Waals surface area (Å²) >= 11 is 3.36. The minimum absolute atomic E-state index is 0.562. The van der Waals surface area contributed by atoms with E-state index in [0.717, 1.165) is 16.0 Å². The lowest BCUT2D eigenvalue weighted by molar-refractivity contribution is 0.556. The fourth-order valence-corrected chi connectivity index (χ4v) is 5.43. The van der Waals surface area contributed by atoms with Gasteiger partial charge in [-0.05, 0) is 51.9 Å². The second kappa shape index (κ2) is 7.39. The number of hydrogen-bond donors (Lipinski definition) is 0. The second-order valence-electron chi connectivity index (χ2n) is 5.66. The first-order chi connectivity index (χ1) is 12.3. The lowest BCUT2D eigenvalue weighted by atomic mass is 10.2. The molecule has 0 bridgehead atoms. The van der Waals surface area contributed by atoms with Gasteiger partial charge in [0.05, 0.1) is 0 Å². The number of hydrogen-bond acceptors (Lipinski definition) is 1. The predicted octanol–water partition coefficient (Wildman–Crippen LogP) is 5.47. The average Bonchev–Trinajstić information content (AvgIpc) is 3.11. The highest BCUT2D eigenvalue weighted by atomic mass is 79.9. The van der Waals surface area contributed by atoms with E-state index in [1.165, 1.54) is 15.9 Å².